The molecule has 0 atom stereocenters. The molecule has 2 nitrogen and oxygen atoms in total. The lowest BCUT2D eigenvalue weighted by Gasteiger charge is -2.29. The van der Waals surface area contributed by atoms with Crippen molar-refractivity contribution in [2.24, 2.45) is 17.1 Å². The summed E-state index contributed by atoms with van der Waals surface area (Å²) in [5.41, 5.74) is 6.87. The molecular weight excluding hydrogens is 184 g/mol. The smallest absolute Gasteiger partial charge is 0.0275 e. The minimum Gasteiger partial charge on any atom is -0.324 e. The van der Waals surface area contributed by atoms with E-state index in [1.807, 2.05) is 0 Å². The van der Waals surface area contributed by atoms with Gasteiger partial charge in [-0.15, -0.1) is 0 Å². The third kappa shape index (κ3) is 3.18. The Labute approximate surface area is 95.0 Å². The van der Waals surface area contributed by atoms with Crippen LogP contribution in [0, 0.1) is 11.3 Å². The van der Waals surface area contributed by atoms with Crippen molar-refractivity contribution in [3.63, 3.8) is 0 Å². The molecule has 3 N–H and O–H groups in total. The molecule has 0 heterocycles. The highest BCUT2D eigenvalue weighted by atomic mass is 15.0. The highest BCUT2D eigenvalue weighted by Gasteiger charge is 2.44. The maximum atomic E-state index is 6.26. The quantitative estimate of drug-likeness (QED) is 0.680. The third-order valence-electron chi connectivity index (χ3n) is 4.48. The van der Waals surface area contributed by atoms with Crippen molar-refractivity contribution in [3.8, 4) is 0 Å². The largest absolute Gasteiger partial charge is 0.324 e. The van der Waals surface area contributed by atoms with E-state index in [1.165, 1.54) is 12.8 Å². The second kappa shape index (κ2) is 4.84. The fraction of sp³-hybridized carbons (Fsp3) is 1.00. The molecule has 0 aromatic rings. The van der Waals surface area contributed by atoms with Gasteiger partial charge in [-0.1, -0.05) is 27.7 Å². The predicted molar refractivity (Wildman–Crippen MR) is 66.9 cm³/mol. The topological polar surface area (TPSA) is 38.0 Å². The Morgan fingerprint density at radius 3 is 2.13 bits per heavy atom. The van der Waals surface area contributed by atoms with Gasteiger partial charge in [0.1, 0.15) is 0 Å². The van der Waals surface area contributed by atoms with Gasteiger partial charge in [0.15, 0.2) is 0 Å². The van der Waals surface area contributed by atoms with Gasteiger partial charge < -0.3 is 11.1 Å². The molecule has 0 aromatic carbocycles. The van der Waals surface area contributed by atoms with Gasteiger partial charge in [0, 0.05) is 18.6 Å². The first kappa shape index (κ1) is 13.0. The third-order valence-corrected chi connectivity index (χ3v) is 4.48. The Morgan fingerprint density at radius 2 is 1.80 bits per heavy atom. The Balaban J connectivity index is 2.27. The standard InChI is InChI=1S/C13H28N2/c1-5-13(14,6-2)10-15-9-12(7-8-12)11(3)4/h11,15H,5-10,14H2,1-4H3. The van der Waals surface area contributed by atoms with Gasteiger partial charge in [-0.25, -0.2) is 0 Å². The van der Waals surface area contributed by atoms with E-state index in [-0.39, 0.29) is 5.54 Å². The summed E-state index contributed by atoms with van der Waals surface area (Å²) in [4.78, 5) is 0. The average molecular weight is 212 g/mol. The van der Waals surface area contributed by atoms with E-state index in [2.05, 4.69) is 33.0 Å². The van der Waals surface area contributed by atoms with Crippen LogP contribution in [-0.2, 0) is 0 Å². The van der Waals surface area contributed by atoms with E-state index in [4.69, 9.17) is 5.73 Å². The molecule has 0 aliphatic heterocycles. The van der Waals surface area contributed by atoms with E-state index < -0.39 is 0 Å². The minimum absolute atomic E-state index is 0.00700. The number of rotatable bonds is 7. The lowest BCUT2D eigenvalue weighted by Crippen LogP contribution is -2.49. The molecule has 1 aliphatic rings. The first-order valence-corrected chi connectivity index (χ1v) is 6.47. The lowest BCUT2D eigenvalue weighted by atomic mass is 9.90. The van der Waals surface area contributed by atoms with Gasteiger partial charge in [-0.05, 0) is 37.0 Å². The first-order chi connectivity index (χ1) is 6.98. The van der Waals surface area contributed by atoms with Gasteiger partial charge in [-0.2, -0.15) is 0 Å². The summed E-state index contributed by atoms with van der Waals surface area (Å²) in [6.45, 7) is 11.2. The Morgan fingerprint density at radius 1 is 1.27 bits per heavy atom. The van der Waals surface area contributed by atoms with Crippen LogP contribution in [0.4, 0.5) is 0 Å². The second-order valence-electron chi connectivity index (χ2n) is 5.69. The normalized spacial score (nSPS) is 19.6. The van der Waals surface area contributed by atoms with Crippen molar-refractivity contribution in [1.82, 2.24) is 5.32 Å². The van der Waals surface area contributed by atoms with Crippen LogP contribution in [-0.4, -0.2) is 18.6 Å². The van der Waals surface area contributed by atoms with Gasteiger partial charge in [0.25, 0.3) is 0 Å². The Hall–Kier alpha value is -0.0800. The zero-order valence-electron chi connectivity index (χ0n) is 10.9. The van der Waals surface area contributed by atoms with E-state index >= 15 is 0 Å². The van der Waals surface area contributed by atoms with Crippen LogP contribution in [0.3, 0.4) is 0 Å². The van der Waals surface area contributed by atoms with Crippen LogP contribution in [0.1, 0.15) is 53.4 Å². The van der Waals surface area contributed by atoms with Crippen molar-refractivity contribution in [3.05, 3.63) is 0 Å². The summed E-state index contributed by atoms with van der Waals surface area (Å²) in [6, 6.07) is 0. The molecule has 1 fully saturated rings. The predicted octanol–water partition coefficient (Wildman–Crippen LogP) is 2.53. The van der Waals surface area contributed by atoms with Crippen LogP contribution in [0.2, 0.25) is 0 Å². The number of hydrogen-bond acceptors (Lipinski definition) is 2. The summed E-state index contributed by atoms with van der Waals surface area (Å²) in [5, 5.41) is 3.59. The molecular formula is C13H28N2. The number of hydrogen-bond donors (Lipinski definition) is 2. The highest BCUT2D eigenvalue weighted by Crippen LogP contribution is 2.51. The summed E-state index contributed by atoms with van der Waals surface area (Å²) >= 11 is 0. The fourth-order valence-electron chi connectivity index (χ4n) is 2.18. The zero-order chi connectivity index (χ0) is 11.5. The molecule has 0 unspecified atom stereocenters. The highest BCUT2D eigenvalue weighted by molar-refractivity contribution is 4.98. The molecule has 0 aromatic heterocycles. The molecule has 0 spiro atoms. The van der Waals surface area contributed by atoms with Gasteiger partial charge in [-0.3, -0.25) is 0 Å². The summed E-state index contributed by atoms with van der Waals surface area (Å²) in [7, 11) is 0. The number of nitrogens with two attached hydrogens (primary N) is 1. The van der Waals surface area contributed by atoms with Crippen molar-refractivity contribution >= 4 is 0 Å². The molecule has 1 aliphatic carbocycles. The lowest BCUT2D eigenvalue weighted by molar-refractivity contribution is 0.304. The zero-order valence-corrected chi connectivity index (χ0v) is 10.9. The Bertz CT molecular complexity index is 189. The summed E-state index contributed by atoms with van der Waals surface area (Å²) < 4.78 is 0. The first-order valence-electron chi connectivity index (χ1n) is 6.47. The molecule has 1 saturated carbocycles. The van der Waals surface area contributed by atoms with Crippen molar-refractivity contribution < 1.29 is 0 Å². The monoisotopic (exact) mass is 212 g/mol. The molecule has 0 radical (unpaired) electrons. The second-order valence-corrected chi connectivity index (χ2v) is 5.69. The van der Waals surface area contributed by atoms with Gasteiger partial charge in [0.05, 0.1) is 0 Å². The van der Waals surface area contributed by atoms with Crippen molar-refractivity contribution in [2.45, 2.75) is 58.9 Å². The molecule has 0 bridgehead atoms. The molecule has 1 rings (SSSR count). The van der Waals surface area contributed by atoms with Crippen LogP contribution >= 0.6 is 0 Å². The molecule has 2 heteroatoms. The molecule has 15 heavy (non-hydrogen) atoms. The van der Waals surface area contributed by atoms with Crippen LogP contribution < -0.4 is 11.1 Å². The van der Waals surface area contributed by atoms with Crippen molar-refractivity contribution in [1.29, 1.82) is 0 Å². The fourth-order valence-corrected chi connectivity index (χ4v) is 2.18. The van der Waals surface area contributed by atoms with Gasteiger partial charge in [0.2, 0.25) is 0 Å². The van der Waals surface area contributed by atoms with Crippen LogP contribution in [0.5, 0.6) is 0 Å². The molecule has 0 amide bonds. The van der Waals surface area contributed by atoms with Crippen LogP contribution in [0.25, 0.3) is 0 Å². The van der Waals surface area contributed by atoms with E-state index in [0.717, 1.165) is 31.8 Å². The van der Waals surface area contributed by atoms with E-state index in [9.17, 15) is 0 Å². The van der Waals surface area contributed by atoms with Crippen molar-refractivity contribution in [2.75, 3.05) is 13.1 Å². The van der Waals surface area contributed by atoms with Gasteiger partial charge >= 0.3 is 0 Å². The van der Waals surface area contributed by atoms with Crippen LogP contribution in [0.15, 0.2) is 0 Å². The maximum absolute atomic E-state index is 6.26. The SMILES string of the molecule is CCC(N)(CC)CNCC1(C(C)C)CC1. The number of nitrogens with one attached hydrogen (secondary N) is 1. The van der Waals surface area contributed by atoms with E-state index in [1.54, 1.807) is 0 Å². The van der Waals surface area contributed by atoms with E-state index in [0.29, 0.717) is 5.41 Å². The average Bonchev–Trinajstić information content (AvgIpc) is 2.99. The summed E-state index contributed by atoms with van der Waals surface area (Å²) in [5.74, 6) is 0.806. The Kier molecular flexibility index (Phi) is 4.19. The minimum atomic E-state index is 0.00700. The molecule has 0 saturated heterocycles. The maximum Gasteiger partial charge on any atom is 0.0275 e. The summed E-state index contributed by atoms with van der Waals surface area (Å²) in [6.07, 6.45) is 4.91. The molecule has 90 valence electrons.